The first kappa shape index (κ1) is 11.5. The molecule has 3 aliphatic rings. The Hall–Kier alpha value is -0.570. The molecule has 2 saturated carbocycles. The maximum Gasteiger partial charge on any atom is 0.227 e. The number of hydrogen-bond donors (Lipinski definition) is 2. The van der Waals surface area contributed by atoms with E-state index in [0.29, 0.717) is 11.9 Å². The number of carbonyl (C=O) groups excluding carboxylic acids is 1. The van der Waals surface area contributed by atoms with Gasteiger partial charge in [0.1, 0.15) is 0 Å². The summed E-state index contributed by atoms with van der Waals surface area (Å²) in [4.78, 5) is 12.5. The highest BCUT2D eigenvalue weighted by Crippen LogP contribution is 2.45. The van der Waals surface area contributed by atoms with Crippen LogP contribution in [0.25, 0.3) is 0 Å². The topological polar surface area (TPSA) is 41.1 Å². The average molecular weight is 236 g/mol. The highest BCUT2D eigenvalue weighted by Gasteiger charge is 2.44. The van der Waals surface area contributed by atoms with E-state index in [1.54, 1.807) is 0 Å². The standard InChI is InChI=1S/C14H24N2O/c1-2-14(5-6-15-9-14)13(17)16-12-8-10-3-4-11(12)7-10/h10-12,15H,2-9H2,1H3,(H,16,17). The van der Waals surface area contributed by atoms with Crippen LogP contribution in [0.2, 0.25) is 0 Å². The Bertz CT molecular complexity index is 309. The normalized spacial score (nSPS) is 44.2. The van der Waals surface area contributed by atoms with Crippen LogP contribution in [0.5, 0.6) is 0 Å². The van der Waals surface area contributed by atoms with E-state index >= 15 is 0 Å². The minimum absolute atomic E-state index is 0.109. The lowest BCUT2D eigenvalue weighted by molar-refractivity contribution is -0.131. The van der Waals surface area contributed by atoms with E-state index in [9.17, 15) is 4.79 Å². The van der Waals surface area contributed by atoms with Gasteiger partial charge in [0, 0.05) is 12.6 Å². The quantitative estimate of drug-likeness (QED) is 0.783. The zero-order chi connectivity index (χ0) is 11.9. The number of rotatable bonds is 3. The fourth-order valence-electron chi connectivity index (χ4n) is 4.14. The molecule has 2 aliphatic carbocycles. The molecular weight excluding hydrogens is 212 g/mol. The van der Waals surface area contributed by atoms with Crippen LogP contribution in [0.15, 0.2) is 0 Å². The molecule has 4 unspecified atom stereocenters. The Labute approximate surface area is 104 Å². The van der Waals surface area contributed by atoms with Crippen LogP contribution in [-0.2, 0) is 4.79 Å². The van der Waals surface area contributed by atoms with Gasteiger partial charge < -0.3 is 10.6 Å². The summed E-state index contributed by atoms with van der Waals surface area (Å²) in [5.74, 6) is 2.01. The number of hydrogen-bond acceptors (Lipinski definition) is 2. The van der Waals surface area contributed by atoms with E-state index in [0.717, 1.165) is 37.8 Å². The van der Waals surface area contributed by atoms with E-state index in [-0.39, 0.29) is 5.41 Å². The summed E-state index contributed by atoms with van der Waals surface area (Å²) in [5, 5.41) is 6.71. The summed E-state index contributed by atoms with van der Waals surface area (Å²) in [6, 6.07) is 0.491. The van der Waals surface area contributed by atoms with Crippen molar-refractivity contribution in [2.75, 3.05) is 13.1 Å². The van der Waals surface area contributed by atoms with Crippen LogP contribution in [0.4, 0.5) is 0 Å². The van der Waals surface area contributed by atoms with Gasteiger partial charge in [0.05, 0.1) is 5.41 Å². The average Bonchev–Trinajstić information content (AvgIpc) is 3.05. The van der Waals surface area contributed by atoms with E-state index in [2.05, 4.69) is 17.6 Å². The summed E-state index contributed by atoms with van der Waals surface area (Å²) in [7, 11) is 0. The van der Waals surface area contributed by atoms with Crippen molar-refractivity contribution in [2.24, 2.45) is 17.3 Å². The third kappa shape index (κ3) is 1.88. The molecule has 0 aromatic heterocycles. The first-order valence-electron chi connectivity index (χ1n) is 7.25. The minimum Gasteiger partial charge on any atom is -0.353 e. The zero-order valence-electron chi connectivity index (χ0n) is 10.8. The summed E-state index contributed by atoms with van der Waals surface area (Å²) in [6.45, 7) is 4.02. The molecule has 4 atom stereocenters. The van der Waals surface area contributed by atoms with Gasteiger partial charge in [-0.1, -0.05) is 13.3 Å². The van der Waals surface area contributed by atoms with Gasteiger partial charge >= 0.3 is 0 Å². The number of amides is 1. The van der Waals surface area contributed by atoms with Crippen LogP contribution in [0.1, 0.15) is 45.4 Å². The predicted molar refractivity (Wildman–Crippen MR) is 67.6 cm³/mol. The monoisotopic (exact) mass is 236 g/mol. The molecule has 96 valence electrons. The van der Waals surface area contributed by atoms with E-state index in [1.165, 1.54) is 25.7 Å². The Balaban J connectivity index is 1.63. The van der Waals surface area contributed by atoms with Crippen molar-refractivity contribution in [3.63, 3.8) is 0 Å². The molecule has 3 rings (SSSR count). The number of fused-ring (bicyclic) bond motifs is 2. The molecule has 1 heterocycles. The van der Waals surface area contributed by atoms with Gasteiger partial charge in [0.2, 0.25) is 5.91 Å². The Morgan fingerprint density at radius 3 is 2.82 bits per heavy atom. The van der Waals surface area contributed by atoms with Crippen LogP contribution >= 0.6 is 0 Å². The molecule has 1 aliphatic heterocycles. The summed E-state index contributed by atoms with van der Waals surface area (Å²) in [5.41, 5.74) is -0.109. The molecule has 1 amide bonds. The van der Waals surface area contributed by atoms with Crippen LogP contribution < -0.4 is 10.6 Å². The van der Waals surface area contributed by atoms with Gasteiger partial charge in [-0.2, -0.15) is 0 Å². The van der Waals surface area contributed by atoms with Crippen molar-refractivity contribution in [1.29, 1.82) is 0 Å². The van der Waals surface area contributed by atoms with E-state index < -0.39 is 0 Å². The van der Waals surface area contributed by atoms with Gasteiger partial charge in [-0.25, -0.2) is 0 Å². The van der Waals surface area contributed by atoms with Crippen molar-refractivity contribution in [2.45, 2.75) is 51.5 Å². The van der Waals surface area contributed by atoms with Gasteiger partial charge in [0.15, 0.2) is 0 Å². The Morgan fingerprint density at radius 1 is 1.41 bits per heavy atom. The van der Waals surface area contributed by atoms with Crippen LogP contribution in [0, 0.1) is 17.3 Å². The highest BCUT2D eigenvalue weighted by molar-refractivity contribution is 5.83. The van der Waals surface area contributed by atoms with Crippen molar-refractivity contribution >= 4 is 5.91 Å². The maximum absolute atomic E-state index is 12.5. The summed E-state index contributed by atoms with van der Waals surface area (Å²) >= 11 is 0. The van der Waals surface area contributed by atoms with Crippen LogP contribution in [0.3, 0.4) is 0 Å². The molecule has 17 heavy (non-hydrogen) atoms. The van der Waals surface area contributed by atoms with Gasteiger partial charge in [-0.05, 0) is 50.5 Å². The molecule has 2 bridgehead atoms. The third-order valence-electron chi connectivity index (χ3n) is 5.46. The highest BCUT2D eigenvalue weighted by atomic mass is 16.2. The van der Waals surface area contributed by atoms with Crippen molar-refractivity contribution in [3.8, 4) is 0 Å². The molecule has 3 nitrogen and oxygen atoms in total. The van der Waals surface area contributed by atoms with Crippen molar-refractivity contribution in [3.05, 3.63) is 0 Å². The molecule has 0 aromatic carbocycles. The van der Waals surface area contributed by atoms with Gasteiger partial charge in [-0.3, -0.25) is 4.79 Å². The van der Waals surface area contributed by atoms with E-state index in [1.807, 2.05) is 0 Å². The molecule has 3 heteroatoms. The predicted octanol–water partition coefficient (Wildman–Crippen LogP) is 1.68. The molecular formula is C14H24N2O. The fourth-order valence-corrected chi connectivity index (χ4v) is 4.14. The lowest BCUT2D eigenvalue weighted by atomic mass is 9.82. The first-order chi connectivity index (χ1) is 8.23. The first-order valence-corrected chi connectivity index (χ1v) is 7.25. The second-order valence-electron chi connectivity index (χ2n) is 6.32. The second kappa shape index (κ2) is 4.27. The number of carbonyl (C=O) groups is 1. The maximum atomic E-state index is 12.5. The lowest BCUT2D eigenvalue weighted by Gasteiger charge is -2.30. The third-order valence-corrected chi connectivity index (χ3v) is 5.46. The molecule has 3 fully saturated rings. The van der Waals surface area contributed by atoms with Crippen molar-refractivity contribution < 1.29 is 4.79 Å². The summed E-state index contributed by atoms with van der Waals surface area (Å²) < 4.78 is 0. The minimum atomic E-state index is -0.109. The van der Waals surface area contributed by atoms with Gasteiger partial charge in [0.25, 0.3) is 0 Å². The fraction of sp³-hybridized carbons (Fsp3) is 0.929. The van der Waals surface area contributed by atoms with Gasteiger partial charge in [-0.15, -0.1) is 0 Å². The molecule has 2 N–H and O–H groups in total. The smallest absolute Gasteiger partial charge is 0.227 e. The lowest BCUT2D eigenvalue weighted by Crippen LogP contribution is -2.48. The van der Waals surface area contributed by atoms with E-state index in [4.69, 9.17) is 0 Å². The SMILES string of the molecule is CCC1(C(=O)NC2CC3CCC2C3)CCNC1. The molecule has 0 radical (unpaired) electrons. The Kier molecular flexibility index (Phi) is 2.89. The second-order valence-corrected chi connectivity index (χ2v) is 6.32. The Morgan fingerprint density at radius 2 is 2.29 bits per heavy atom. The zero-order valence-corrected chi connectivity index (χ0v) is 10.8. The largest absolute Gasteiger partial charge is 0.353 e. The van der Waals surface area contributed by atoms with Crippen molar-refractivity contribution in [1.82, 2.24) is 10.6 Å². The number of nitrogens with one attached hydrogen (secondary N) is 2. The van der Waals surface area contributed by atoms with Crippen LogP contribution in [-0.4, -0.2) is 25.0 Å². The molecule has 1 saturated heterocycles. The molecule has 0 spiro atoms. The summed E-state index contributed by atoms with van der Waals surface area (Å²) in [6.07, 6.45) is 7.32. The molecule has 0 aromatic rings.